The van der Waals surface area contributed by atoms with Crippen molar-refractivity contribution < 1.29 is 4.79 Å². The van der Waals surface area contributed by atoms with E-state index in [-0.39, 0.29) is 5.41 Å². The Kier molecular flexibility index (Phi) is 4.16. The molecule has 2 nitrogen and oxygen atoms in total. The fourth-order valence-corrected chi connectivity index (χ4v) is 3.67. The Balaban J connectivity index is 2.31. The Morgan fingerprint density at radius 1 is 1.00 bits per heavy atom. The number of aromatic amines is 1. The van der Waals surface area contributed by atoms with E-state index in [1.165, 1.54) is 22.3 Å². The van der Waals surface area contributed by atoms with E-state index in [0.717, 1.165) is 27.2 Å². The molecule has 1 aromatic heterocycles. The second kappa shape index (κ2) is 5.89. The summed E-state index contributed by atoms with van der Waals surface area (Å²) < 4.78 is 0.972. The van der Waals surface area contributed by atoms with Crippen LogP contribution in [0.1, 0.15) is 48.0 Å². The van der Waals surface area contributed by atoms with Crippen LogP contribution in [-0.4, -0.2) is 11.3 Å². The summed E-state index contributed by atoms with van der Waals surface area (Å²) in [5.74, 6) is 0. The smallest absolute Gasteiger partial charge is 0.166 e. The molecule has 1 N–H and O–H groups in total. The normalized spacial score (nSPS) is 11.9. The first kappa shape index (κ1) is 17.0. The predicted octanol–water partition coefficient (Wildman–Crippen LogP) is 6.32. The van der Waals surface area contributed by atoms with Crippen molar-refractivity contribution in [2.45, 2.75) is 40.0 Å². The third kappa shape index (κ3) is 2.82. The third-order valence-electron chi connectivity index (χ3n) is 4.57. The number of hydrogen-bond donors (Lipinski definition) is 1. The molecule has 0 amide bonds. The second-order valence-corrected chi connectivity index (χ2v) is 8.37. The Hall–Kier alpha value is -1.87. The summed E-state index contributed by atoms with van der Waals surface area (Å²) in [5, 5.41) is 2.03. The molecule has 0 aliphatic heterocycles. The average molecular weight is 384 g/mol. The van der Waals surface area contributed by atoms with Gasteiger partial charge in [0.15, 0.2) is 6.29 Å². The number of hydrogen-bond acceptors (Lipinski definition) is 1. The molecule has 0 atom stereocenters. The van der Waals surface area contributed by atoms with Gasteiger partial charge in [-0.1, -0.05) is 54.9 Å². The Labute approximate surface area is 151 Å². The lowest BCUT2D eigenvalue weighted by atomic mass is 9.83. The molecule has 0 unspecified atom stereocenters. The van der Waals surface area contributed by atoms with Crippen molar-refractivity contribution in [2.75, 3.05) is 0 Å². The van der Waals surface area contributed by atoms with Gasteiger partial charge in [-0.05, 0) is 48.1 Å². The second-order valence-electron chi connectivity index (χ2n) is 7.46. The Morgan fingerprint density at radius 3 is 2.17 bits per heavy atom. The van der Waals surface area contributed by atoms with Gasteiger partial charge in [0.05, 0.1) is 11.4 Å². The molecule has 2 aromatic carbocycles. The van der Waals surface area contributed by atoms with E-state index >= 15 is 0 Å². The quantitative estimate of drug-likeness (QED) is 0.515. The van der Waals surface area contributed by atoms with Gasteiger partial charge in [0.2, 0.25) is 0 Å². The van der Waals surface area contributed by atoms with Crippen molar-refractivity contribution in [3.8, 4) is 11.3 Å². The number of benzene rings is 2. The minimum absolute atomic E-state index is 0.116. The van der Waals surface area contributed by atoms with E-state index in [1.807, 2.05) is 12.1 Å². The van der Waals surface area contributed by atoms with Gasteiger partial charge in [-0.3, -0.25) is 4.79 Å². The van der Waals surface area contributed by atoms with Crippen LogP contribution < -0.4 is 0 Å². The highest BCUT2D eigenvalue weighted by molar-refractivity contribution is 9.10. The number of rotatable bonds is 2. The van der Waals surface area contributed by atoms with Gasteiger partial charge in [0, 0.05) is 20.8 Å². The van der Waals surface area contributed by atoms with E-state index in [2.05, 4.69) is 73.7 Å². The van der Waals surface area contributed by atoms with Crippen molar-refractivity contribution in [2.24, 2.45) is 0 Å². The summed E-state index contributed by atoms with van der Waals surface area (Å²) in [6.07, 6.45) is 0.895. The summed E-state index contributed by atoms with van der Waals surface area (Å²) in [4.78, 5) is 14.8. The van der Waals surface area contributed by atoms with Crippen LogP contribution in [0.5, 0.6) is 0 Å². The molecule has 0 saturated heterocycles. The first-order valence-electron chi connectivity index (χ1n) is 8.11. The van der Waals surface area contributed by atoms with Crippen LogP contribution in [0.15, 0.2) is 34.8 Å². The van der Waals surface area contributed by atoms with E-state index in [0.29, 0.717) is 5.69 Å². The molecule has 0 bridgehead atoms. The van der Waals surface area contributed by atoms with E-state index in [9.17, 15) is 4.79 Å². The number of H-pyrrole nitrogens is 1. The van der Waals surface area contributed by atoms with Crippen molar-refractivity contribution in [3.05, 3.63) is 57.2 Å². The van der Waals surface area contributed by atoms with Crippen molar-refractivity contribution in [3.63, 3.8) is 0 Å². The zero-order chi connectivity index (χ0) is 17.6. The van der Waals surface area contributed by atoms with Crippen molar-refractivity contribution in [1.82, 2.24) is 4.98 Å². The van der Waals surface area contributed by atoms with Gasteiger partial charge in [0.25, 0.3) is 0 Å². The zero-order valence-electron chi connectivity index (χ0n) is 14.8. The predicted molar refractivity (Wildman–Crippen MR) is 105 cm³/mol. The molecular formula is C21H22BrNO. The number of aromatic nitrogens is 1. The fourth-order valence-electron chi connectivity index (χ4n) is 3.31. The third-order valence-corrected chi connectivity index (χ3v) is 5.06. The van der Waals surface area contributed by atoms with Gasteiger partial charge in [-0.2, -0.15) is 0 Å². The van der Waals surface area contributed by atoms with E-state index < -0.39 is 0 Å². The number of fused-ring (bicyclic) bond motifs is 1. The maximum Gasteiger partial charge on any atom is 0.166 e. The Bertz CT molecular complexity index is 921. The molecular weight excluding hydrogens is 362 g/mol. The lowest BCUT2D eigenvalue weighted by molar-refractivity contribution is 0.112. The molecule has 0 spiro atoms. The van der Waals surface area contributed by atoms with Gasteiger partial charge in [0.1, 0.15) is 0 Å². The number of aldehydes is 1. The number of aryl methyl sites for hydroxylation is 2. The zero-order valence-corrected chi connectivity index (χ0v) is 16.3. The van der Waals surface area contributed by atoms with Crippen molar-refractivity contribution in [1.29, 1.82) is 0 Å². The molecule has 124 valence electrons. The standard InChI is InChI=1S/C21H22BrNO/c1-12-8-14(21(3,4)5)9-13(2)19(12)20-16-7-6-15(22)10-17(16)18(11-24)23-20/h6-11,23H,1-5H3. The van der Waals surface area contributed by atoms with Gasteiger partial charge < -0.3 is 4.98 Å². The van der Waals surface area contributed by atoms with Gasteiger partial charge in [-0.15, -0.1) is 0 Å². The minimum atomic E-state index is 0.116. The van der Waals surface area contributed by atoms with Crippen LogP contribution in [0.3, 0.4) is 0 Å². The van der Waals surface area contributed by atoms with E-state index in [4.69, 9.17) is 0 Å². The molecule has 24 heavy (non-hydrogen) atoms. The van der Waals surface area contributed by atoms with E-state index in [1.54, 1.807) is 0 Å². The highest BCUT2D eigenvalue weighted by Crippen LogP contribution is 2.37. The summed E-state index contributed by atoms with van der Waals surface area (Å²) in [6, 6.07) is 10.6. The SMILES string of the molecule is Cc1cc(C(C)(C)C)cc(C)c1-c1[nH]c(C=O)c2cc(Br)ccc12. The van der Waals surface area contributed by atoms with Crippen LogP contribution in [-0.2, 0) is 5.41 Å². The molecule has 3 heteroatoms. The highest BCUT2D eigenvalue weighted by Gasteiger charge is 2.19. The lowest BCUT2D eigenvalue weighted by Crippen LogP contribution is -2.12. The van der Waals surface area contributed by atoms with Crippen LogP contribution in [0, 0.1) is 13.8 Å². The summed E-state index contributed by atoms with van der Waals surface area (Å²) in [7, 11) is 0. The maximum absolute atomic E-state index is 11.5. The van der Waals surface area contributed by atoms with Gasteiger partial charge >= 0.3 is 0 Å². The highest BCUT2D eigenvalue weighted by atomic mass is 79.9. The topological polar surface area (TPSA) is 32.9 Å². The van der Waals surface area contributed by atoms with Crippen LogP contribution in [0.25, 0.3) is 22.0 Å². The molecule has 3 aromatic rings. The summed E-state index contributed by atoms with van der Waals surface area (Å²) in [6.45, 7) is 11.0. The Morgan fingerprint density at radius 2 is 1.62 bits per heavy atom. The first-order valence-corrected chi connectivity index (χ1v) is 8.90. The van der Waals surface area contributed by atoms with Crippen molar-refractivity contribution >= 4 is 33.0 Å². The molecule has 0 fully saturated rings. The monoisotopic (exact) mass is 383 g/mol. The summed E-state index contributed by atoms with van der Waals surface area (Å²) >= 11 is 3.49. The number of carbonyl (C=O) groups is 1. The fraction of sp³-hybridized carbons (Fsp3) is 0.286. The average Bonchev–Trinajstić information content (AvgIpc) is 2.83. The molecule has 0 radical (unpaired) electrons. The maximum atomic E-state index is 11.5. The largest absolute Gasteiger partial charge is 0.351 e. The number of halogens is 1. The first-order chi connectivity index (χ1) is 11.2. The molecule has 3 rings (SSSR count). The molecule has 0 saturated carbocycles. The molecule has 1 heterocycles. The van der Waals surface area contributed by atoms with Crippen LogP contribution >= 0.6 is 15.9 Å². The lowest BCUT2D eigenvalue weighted by Gasteiger charge is -2.22. The molecule has 0 aliphatic rings. The number of nitrogens with one attached hydrogen (secondary N) is 1. The van der Waals surface area contributed by atoms with Gasteiger partial charge in [-0.25, -0.2) is 0 Å². The number of carbonyl (C=O) groups excluding carboxylic acids is 1. The summed E-state index contributed by atoms with van der Waals surface area (Å²) in [5.41, 5.74) is 6.73. The van der Waals surface area contributed by atoms with Crippen LogP contribution in [0.4, 0.5) is 0 Å². The molecule has 0 aliphatic carbocycles. The van der Waals surface area contributed by atoms with Crippen LogP contribution in [0.2, 0.25) is 0 Å². The minimum Gasteiger partial charge on any atom is -0.351 e.